The quantitative estimate of drug-likeness (QED) is 0.697. The Balaban J connectivity index is 1.25. The van der Waals surface area contributed by atoms with Gasteiger partial charge in [-0.1, -0.05) is 11.6 Å². The van der Waals surface area contributed by atoms with Crippen LogP contribution >= 0.6 is 11.6 Å². The molecule has 1 saturated heterocycles. The first-order valence-electron chi connectivity index (χ1n) is 10.1. The van der Waals surface area contributed by atoms with Crippen LogP contribution in [-0.2, 0) is 10.0 Å². The first-order valence-corrected chi connectivity index (χ1v) is 11.9. The van der Waals surface area contributed by atoms with Gasteiger partial charge in [-0.05, 0) is 56.1 Å². The summed E-state index contributed by atoms with van der Waals surface area (Å²) in [6.07, 6.45) is 1.48. The number of nitrogens with one attached hydrogen (secondary N) is 1. The largest absolute Gasteiger partial charge is 0.486 e. The maximum atomic E-state index is 13.8. The number of hydrogen-bond donors (Lipinski definition) is 1. The van der Waals surface area contributed by atoms with Crippen LogP contribution in [0.5, 0.6) is 11.5 Å². The van der Waals surface area contributed by atoms with Gasteiger partial charge < -0.3 is 9.47 Å². The zero-order chi connectivity index (χ0) is 22.0. The lowest BCUT2D eigenvalue weighted by Gasteiger charge is -2.35. The van der Waals surface area contributed by atoms with Crippen LogP contribution in [0.2, 0.25) is 5.02 Å². The van der Waals surface area contributed by atoms with Crippen molar-refractivity contribution >= 4 is 21.6 Å². The maximum Gasteiger partial charge on any atom is 0.243 e. The molecule has 2 aromatic carbocycles. The topological polar surface area (TPSA) is 67.9 Å². The molecular weight excluding hydrogens is 450 g/mol. The summed E-state index contributed by atoms with van der Waals surface area (Å²) >= 11 is 6.02. The van der Waals surface area contributed by atoms with Crippen molar-refractivity contribution in [2.24, 2.45) is 5.92 Å². The highest BCUT2D eigenvalue weighted by molar-refractivity contribution is 7.89. The molecule has 1 fully saturated rings. The number of halogens is 3. The molecule has 2 aromatic rings. The fourth-order valence-electron chi connectivity index (χ4n) is 3.84. The second kappa shape index (κ2) is 9.28. The molecule has 0 bridgehead atoms. The molecule has 0 radical (unpaired) electrons. The predicted octanol–water partition coefficient (Wildman–Crippen LogP) is 3.45. The molecule has 4 rings (SSSR count). The molecule has 10 heteroatoms. The fraction of sp³-hybridized carbons (Fsp3) is 0.429. The Morgan fingerprint density at radius 1 is 1.10 bits per heavy atom. The molecular formula is C21H23ClF2N2O4S. The summed E-state index contributed by atoms with van der Waals surface area (Å²) in [5, 5.41) is 0.590. The average molecular weight is 473 g/mol. The second-order valence-corrected chi connectivity index (χ2v) is 9.98. The van der Waals surface area contributed by atoms with Crippen LogP contribution in [0.3, 0.4) is 0 Å². The number of piperidine rings is 1. The normalized spacial score (nSPS) is 20.0. The minimum Gasteiger partial charge on any atom is -0.486 e. The number of ether oxygens (including phenoxy) is 2. The summed E-state index contributed by atoms with van der Waals surface area (Å²) in [7, 11) is -4.03. The summed E-state index contributed by atoms with van der Waals surface area (Å²) in [4.78, 5) is 1.72. The predicted molar refractivity (Wildman–Crippen MR) is 112 cm³/mol. The van der Waals surface area contributed by atoms with Crippen molar-refractivity contribution in [1.82, 2.24) is 9.62 Å². The first kappa shape index (κ1) is 22.3. The van der Waals surface area contributed by atoms with E-state index in [1.165, 1.54) is 0 Å². The third-order valence-corrected chi connectivity index (χ3v) is 7.23. The highest BCUT2D eigenvalue weighted by Gasteiger charge is 2.27. The summed E-state index contributed by atoms with van der Waals surface area (Å²) in [5.74, 6) is -0.453. The van der Waals surface area contributed by atoms with Gasteiger partial charge in [0, 0.05) is 30.2 Å². The Bertz CT molecular complexity index is 1050. The highest BCUT2D eigenvalue weighted by atomic mass is 35.5. The number of hydrogen-bond acceptors (Lipinski definition) is 5. The van der Waals surface area contributed by atoms with Gasteiger partial charge in [-0.15, -0.1) is 0 Å². The van der Waals surface area contributed by atoms with Crippen LogP contribution in [0.15, 0.2) is 41.3 Å². The molecule has 31 heavy (non-hydrogen) atoms. The number of rotatable bonds is 6. The van der Waals surface area contributed by atoms with Gasteiger partial charge in [-0.3, -0.25) is 4.90 Å². The lowest BCUT2D eigenvalue weighted by atomic mass is 9.97. The number of sulfonamides is 1. The number of fused-ring (bicyclic) bond motifs is 1. The maximum absolute atomic E-state index is 13.8. The van der Waals surface area contributed by atoms with E-state index >= 15 is 0 Å². The molecule has 2 aliphatic heterocycles. The van der Waals surface area contributed by atoms with Crippen molar-refractivity contribution in [3.63, 3.8) is 0 Å². The molecule has 0 spiro atoms. The van der Waals surface area contributed by atoms with E-state index in [1.807, 2.05) is 0 Å². The SMILES string of the molecule is O=S(=O)(NCC1CCN(CC2COc3ccc(Cl)cc3O2)CC1)c1ccc(F)cc1F. The molecule has 2 heterocycles. The second-order valence-electron chi connectivity index (χ2n) is 7.81. The zero-order valence-corrected chi connectivity index (χ0v) is 18.3. The minimum absolute atomic E-state index is 0.109. The van der Waals surface area contributed by atoms with Gasteiger partial charge in [-0.25, -0.2) is 21.9 Å². The molecule has 0 saturated carbocycles. The molecule has 0 aromatic heterocycles. The molecule has 2 aliphatic rings. The van der Waals surface area contributed by atoms with Gasteiger partial charge >= 0.3 is 0 Å². The van der Waals surface area contributed by atoms with Crippen molar-refractivity contribution in [3.05, 3.63) is 53.1 Å². The van der Waals surface area contributed by atoms with E-state index in [4.69, 9.17) is 21.1 Å². The average Bonchev–Trinajstić information content (AvgIpc) is 2.73. The van der Waals surface area contributed by atoms with Crippen LogP contribution in [0.25, 0.3) is 0 Å². The van der Waals surface area contributed by atoms with Crippen LogP contribution < -0.4 is 14.2 Å². The summed E-state index contributed by atoms with van der Waals surface area (Å²) in [5.41, 5.74) is 0. The van der Waals surface area contributed by atoms with Gasteiger partial charge in [0.2, 0.25) is 10.0 Å². The molecule has 0 amide bonds. The smallest absolute Gasteiger partial charge is 0.243 e. The van der Waals surface area contributed by atoms with E-state index in [9.17, 15) is 17.2 Å². The molecule has 6 nitrogen and oxygen atoms in total. The number of benzene rings is 2. The van der Waals surface area contributed by atoms with Gasteiger partial charge in [-0.2, -0.15) is 0 Å². The third-order valence-electron chi connectivity index (χ3n) is 5.54. The molecule has 1 atom stereocenters. The van der Waals surface area contributed by atoms with Crippen molar-refractivity contribution in [2.45, 2.75) is 23.8 Å². The Labute approximate surface area is 185 Å². The van der Waals surface area contributed by atoms with Crippen LogP contribution in [0.1, 0.15) is 12.8 Å². The summed E-state index contributed by atoms with van der Waals surface area (Å²) < 4.78 is 65.7. The van der Waals surface area contributed by atoms with E-state index < -0.39 is 26.6 Å². The molecule has 0 aliphatic carbocycles. The van der Waals surface area contributed by atoms with E-state index in [0.29, 0.717) is 35.7 Å². The van der Waals surface area contributed by atoms with E-state index in [2.05, 4.69) is 9.62 Å². The number of likely N-dealkylation sites (tertiary alicyclic amines) is 1. The molecule has 168 valence electrons. The standard InChI is InChI=1S/C21H23ClF2N2O4S/c22-15-1-3-19-20(9-15)30-17(13-29-19)12-26-7-5-14(6-8-26)11-25-31(27,28)21-4-2-16(23)10-18(21)24/h1-4,9-10,14,17,25H,5-8,11-13H2. The van der Waals surface area contributed by atoms with Gasteiger partial charge in [0.05, 0.1) is 0 Å². The van der Waals surface area contributed by atoms with Crippen molar-refractivity contribution in [1.29, 1.82) is 0 Å². The Morgan fingerprint density at radius 3 is 2.61 bits per heavy atom. The first-order chi connectivity index (χ1) is 14.8. The third kappa shape index (κ3) is 5.46. The van der Waals surface area contributed by atoms with Crippen LogP contribution in [-0.4, -0.2) is 52.2 Å². The lowest BCUT2D eigenvalue weighted by Crippen LogP contribution is -2.45. The zero-order valence-electron chi connectivity index (χ0n) is 16.7. The molecule has 1 unspecified atom stereocenters. The fourth-order valence-corrected chi connectivity index (χ4v) is 5.17. The van der Waals surface area contributed by atoms with Crippen molar-refractivity contribution in [3.8, 4) is 11.5 Å². The lowest BCUT2D eigenvalue weighted by molar-refractivity contribution is 0.0481. The van der Waals surface area contributed by atoms with Gasteiger partial charge in [0.1, 0.15) is 29.2 Å². The van der Waals surface area contributed by atoms with Crippen LogP contribution in [0.4, 0.5) is 8.78 Å². The Morgan fingerprint density at radius 2 is 1.87 bits per heavy atom. The summed E-state index contributed by atoms with van der Waals surface area (Å²) in [6.45, 7) is 2.95. The minimum atomic E-state index is -4.03. The van der Waals surface area contributed by atoms with Crippen LogP contribution in [0, 0.1) is 17.6 Å². The Kier molecular flexibility index (Phi) is 6.66. The van der Waals surface area contributed by atoms with Gasteiger partial charge in [0.15, 0.2) is 11.5 Å². The van der Waals surface area contributed by atoms with Crippen molar-refractivity contribution in [2.75, 3.05) is 32.8 Å². The highest BCUT2D eigenvalue weighted by Crippen LogP contribution is 2.34. The van der Waals surface area contributed by atoms with Crippen molar-refractivity contribution < 1.29 is 26.7 Å². The van der Waals surface area contributed by atoms with E-state index in [0.717, 1.165) is 38.1 Å². The monoisotopic (exact) mass is 472 g/mol. The van der Waals surface area contributed by atoms with E-state index in [1.54, 1.807) is 18.2 Å². The molecule has 1 N–H and O–H groups in total. The Hall–Kier alpha value is -1.94. The van der Waals surface area contributed by atoms with Gasteiger partial charge in [0.25, 0.3) is 0 Å². The summed E-state index contributed by atoms with van der Waals surface area (Å²) in [6, 6.07) is 7.72. The van der Waals surface area contributed by atoms with E-state index in [-0.39, 0.29) is 18.6 Å². The number of nitrogens with zero attached hydrogens (tertiary/aromatic N) is 1.